The number of carbonyl (C=O) groups excluding carboxylic acids is 1. The van der Waals surface area contributed by atoms with Gasteiger partial charge in [-0.1, -0.05) is 24.6 Å². The van der Waals surface area contributed by atoms with Gasteiger partial charge in [-0.25, -0.2) is 0 Å². The Bertz CT molecular complexity index is 521. The van der Waals surface area contributed by atoms with Gasteiger partial charge in [0.25, 0.3) is 0 Å². The van der Waals surface area contributed by atoms with Gasteiger partial charge in [0.1, 0.15) is 5.75 Å². The number of ether oxygens (including phenoxy) is 1. The number of nitrogens with zero attached hydrogens (tertiary/aromatic N) is 1. The zero-order chi connectivity index (χ0) is 15.5. The maximum atomic E-state index is 12.3. The Hall–Kier alpha value is -1.26. The molecule has 4 nitrogen and oxygen atoms in total. The molecule has 0 bridgehead atoms. The summed E-state index contributed by atoms with van der Waals surface area (Å²) in [6.07, 6.45) is 2.19. The van der Waals surface area contributed by atoms with Crippen molar-refractivity contribution in [3.8, 4) is 5.75 Å². The second-order valence-corrected chi connectivity index (χ2v) is 6.46. The van der Waals surface area contributed by atoms with Crippen molar-refractivity contribution in [2.24, 2.45) is 11.1 Å². The second kappa shape index (κ2) is 6.67. The molecule has 0 aromatic heterocycles. The molecular formula is C16H23ClN2O2. The highest BCUT2D eigenvalue weighted by Gasteiger charge is 2.34. The molecule has 1 aliphatic rings. The number of methoxy groups -OCH3 is 1. The minimum absolute atomic E-state index is 0.0824. The highest BCUT2D eigenvalue weighted by Crippen LogP contribution is 2.29. The van der Waals surface area contributed by atoms with Gasteiger partial charge in [-0.2, -0.15) is 0 Å². The molecule has 5 heteroatoms. The minimum Gasteiger partial charge on any atom is -0.495 e. The number of carbonyl (C=O) groups is 1. The average molecular weight is 311 g/mol. The van der Waals surface area contributed by atoms with E-state index in [-0.39, 0.29) is 11.3 Å². The molecule has 1 saturated heterocycles. The lowest BCUT2D eigenvalue weighted by atomic mass is 9.90. The highest BCUT2D eigenvalue weighted by atomic mass is 35.5. The fourth-order valence-electron chi connectivity index (χ4n) is 2.68. The van der Waals surface area contributed by atoms with Crippen molar-refractivity contribution in [2.45, 2.75) is 26.2 Å². The van der Waals surface area contributed by atoms with E-state index in [0.29, 0.717) is 30.2 Å². The van der Waals surface area contributed by atoms with E-state index in [0.717, 1.165) is 25.1 Å². The average Bonchev–Trinajstić information content (AvgIpc) is 2.88. The lowest BCUT2D eigenvalue weighted by Crippen LogP contribution is -2.34. The Morgan fingerprint density at radius 3 is 2.86 bits per heavy atom. The molecule has 1 aromatic rings. The fraction of sp³-hybridized carbons (Fsp3) is 0.562. The van der Waals surface area contributed by atoms with Crippen LogP contribution in [0.15, 0.2) is 18.2 Å². The zero-order valence-corrected chi connectivity index (χ0v) is 13.4. The van der Waals surface area contributed by atoms with Gasteiger partial charge in [0.15, 0.2) is 0 Å². The van der Waals surface area contributed by atoms with E-state index >= 15 is 0 Å². The molecule has 0 radical (unpaired) electrons. The molecule has 1 aromatic carbocycles. The van der Waals surface area contributed by atoms with Gasteiger partial charge in [0.05, 0.1) is 12.1 Å². The van der Waals surface area contributed by atoms with E-state index in [1.54, 1.807) is 7.11 Å². The van der Waals surface area contributed by atoms with Crippen LogP contribution in [0.25, 0.3) is 0 Å². The molecule has 2 N–H and O–H groups in total. The van der Waals surface area contributed by atoms with E-state index in [9.17, 15) is 4.79 Å². The van der Waals surface area contributed by atoms with Crippen LogP contribution in [0.2, 0.25) is 5.02 Å². The number of hydrogen-bond acceptors (Lipinski definition) is 3. The Morgan fingerprint density at radius 1 is 1.52 bits per heavy atom. The molecular weight excluding hydrogens is 288 g/mol. The van der Waals surface area contributed by atoms with Crippen LogP contribution in [0, 0.1) is 5.41 Å². The maximum Gasteiger partial charge on any atom is 0.222 e. The Balaban J connectivity index is 1.89. The van der Waals surface area contributed by atoms with Crippen LogP contribution in [0.3, 0.4) is 0 Å². The molecule has 116 valence electrons. The van der Waals surface area contributed by atoms with E-state index in [2.05, 4.69) is 6.92 Å². The third kappa shape index (κ3) is 3.89. The van der Waals surface area contributed by atoms with Gasteiger partial charge in [0.2, 0.25) is 5.91 Å². The monoisotopic (exact) mass is 310 g/mol. The van der Waals surface area contributed by atoms with Crippen LogP contribution in [0.5, 0.6) is 5.75 Å². The SMILES string of the molecule is COc1ccc(CCC(=O)N2CCC(C)(CN)C2)cc1Cl. The second-order valence-electron chi connectivity index (χ2n) is 6.05. The van der Waals surface area contributed by atoms with Crippen molar-refractivity contribution in [2.75, 3.05) is 26.7 Å². The van der Waals surface area contributed by atoms with Crippen LogP contribution in [-0.4, -0.2) is 37.6 Å². The van der Waals surface area contributed by atoms with Crippen molar-refractivity contribution < 1.29 is 9.53 Å². The summed E-state index contributed by atoms with van der Waals surface area (Å²) in [7, 11) is 1.59. The zero-order valence-electron chi connectivity index (χ0n) is 12.7. The van der Waals surface area contributed by atoms with Crippen molar-refractivity contribution in [1.82, 2.24) is 4.90 Å². The van der Waals surface area contributed by atoms with Crippen LogP contribution in [0.4, 0.5) is 0 Å². The molecule has 0 saturated carbocycles. The molecule has 1 unspecified atom stereocenters. The van der Waals surface area contributed by atoms with E-state index in [1.807, 2.05) is 23.1 Å². The number of likely N-dealkylation sites (tertiary alicyclic amines) is 1. The first-order chi connectivity index (χ1) is 9.97. The minimum atomic E-state index is 0.0824. The third-order valence-corrected chi connectivity index (χ3v) is 4.54. The largest absolute Gasteiger partial charge is 0.495 e. The summed E-state index contributed by atoms with van der Waals surface area (Å²) in [5.74, 6) is 0.851. The Labute approximate surface area is 131 Å². The van der Waals surface area contributed by atoms with Crippen LogP contribution >= 0.6 is 11.6 Å². The number of halogens is 1. The summed E-state index contributed by atoms with van der Waals surface area (Å²) < 4.78 is 5.12. The predicted molar refractivity (Wildman–Crippen MR) is 84.7 cm³/mol. The Morgan fingerprint density at radius 2 is 2.29 bits per heavy atom. The lowest BCUT2D eigenvalue weighted by molar-refractivity contribution is -0.130. The van der Waals surface area contributed by atoms with Crippen LogP contribution in [-0.2, 0) is 11.2 Å². The summed E-state index contributed by atoms with van der Waals surface area (Å²) in [4.78, 5) is 14.2. The smallest absolute Gasteiger partial charge is 0.222 e. The van der Waals surface area contributed by atoms with Gasteiger partial charge in [-0.3, -0.25) is 4.79 Å². The lowest BCUT2D eigenvalue weighted by Gasteiger charge is -2.22. The van der Waals surface area contributed by atoms with Crippen molar-refractivity contribution in [1.29, 1.82) is 0 Å². The molecule has 21 heavy (non-hydrogen) atoms. The van der Waals surface area contributed by atoms with E-state index in [1.165, 1.54) is 0 Å². The number of rotatable bonds is 5. The standard InChI is InChI=1S/C16H23ClN2O2/c1-16(10-18)7-8-19(11-16)15(20)6-4-12-3-5-14(21-2)13(17)9-12/h3,5,9H,4,6-8,10-11,18H2,1-2H3. The van der Waals surface area contributed by atoms with Crippen molar-refractivity contribution in [3.05, 3.63) is 28.8 Å². The first kappa shape index (κ1) is 16.1. The summed E-state index contributed by atoms with van der Waals surface area (Å²) in [6.45, 7) is 4.36. The van der Waals surface area contributed by atoms with E-state index in [4.69, 9.17) is 22.1 Å². The third-order valence-electron chi connectivity index (χ3n) is 4.25. The van der Waals surface area contributed by atoms with Crippen LogP contribution in [0.1, 0.15) is 25.3 Å². The van der Waals surface area contributed by atoms with Gasteiger partial charge < -0.3 is 15.4 Å². The predicted octanol–water partition coefficient (Wildman–Crippen LogP) is 2.48. The molecule has 2 rings (SSSR count). The molecule has 1 amide bonds. The first-order valence-corrected chi connectivity index (χ1v) is 7.65. The summed E-state index contributed by atoms with van der Waals surface area (Å²) in [5.41, 5.74) is 6.91. The summed E-state index contributed by atoms with van der Waals surface area (Å²) in [6, 6.07) is 5.65. The normalized spacial score (nSPS) is 21.6. The number of aryl methyl sites for hydroxylation is 1. The van der Waals surface area contributed by atoms with Crippen LogP contribution < -0.4 is 10.5 Å². The summed E-state index contributed by atoms with van der Waals surface area (Å²) >= 11 is 6.09. The molecule has 1 heterocycles. The van der Waals surface area contributed by atoms with Gasteiger partial charge in [0, 0.05) is 19.5 Å². The summed E-state index contributed by atoms with van der Waals surface area (Å²) in [5, 5.41) is 0.583. The maximum absolute atomic E-state index is 12.3. The number of nitrogens with two attached hydrogens (primary N) is 1. The number of hydrogen-bond donors (Lipinski definition) is 1. The molecule has 1 atom stereocenters. The number of amides is 1. The molecule has 1 fully saturated rings. The highest BCUT2D eigenvalue weighted by molar-refractivity contribution is 6.32. The van der Waals surface area contributed by atoms with Gasteiger partial charge in [-0.05, 0) is 42.5 Å². The molecule has 0 aliphatic carbocycles. The fourth-order valence-corrected chi connectivity index (χ4v) is 2.96. The Kier molecular flexibility index (Phi) is 5.12. The first-order valence-electron chi connectivity index (χ1n) is 7.28. The van der Waals surface area contributed by atoms with Gasteiger partial charge in [-0.15, -0.1) is 0 Å². The van der Waals surface area contributed by atoms with Crippen molar-refractivity contribution in [3.63, 3.8) is 0 Å². The van der Waals surface area contributed by atoms with Crippen molar-refractivity contribution >= 4 is 17.5 Å². The topological polar surface area (TPSA) is 55.6 Å². The quantitative estimate of drug-likeness (QED) is 0.909. The molecule has 0 spiro atoms. The van der Waals surface area contributed by atoms with E-state index < -0.39 is 0 Å². The number of benzene rings is 1. The molecule has 1 aliphatic heterocycles. The van der Waals surface area contributed by atoms with Gasteiger partial charge >= 0.3 is 0 Å².